The van der Waals surface area contributed by atoms with Crippen molar-refractivity contribution < 1.29 is 24.3 Å². The summed E-state index contributed by atoms with van der Waals surface area (Å²) in [6, 6.07) is 11.2. The standard InChI is InChI=1S/C15H15O5P/c1-10(16)15-8-13(17)6-7-14(15)12-4-2-11(3-5-12)9-21(18,19)20/h2-8,17H,9H2,1H3,(H2,18,19,20). The molecule has 21 heavy (non-hydrogen) atoms. The number of rotatable bonds is 4. The number of hydrogen-bond donors (Lipinski definition) is 3. The average Bonchev–Trinajstić information content (AvgIpc) is 2.38. The van der Waals surface area contributed by atoms with Gasteiger partial charge in [-0.3, -0.25) is 9.36 Å². The number of carbonyl (C=O) groups excluding carboxylic acids is 1. The van der Waals surface area contributed by atoms with E-state index in [0.29, 0.717) is 16.7 Å². The molecule has 0 saturated carbocycles. The van der Waals surface area contributed by atoms with Gasteiger partial charge in [-0.1, -0.05) is 24.3 Å². The lowest BCUT2D eigenvalue weighted by Crippen LogP contribution is -1.96. The first kappa shape index (κ1) is 15.4. The Bertz CT molecular complexity index is 715. The van der Waals surface area contributed by atoms with Gasteiger partial charge in [-0.25, -0.2) is 0 Å². The number of benzene rings is 2. The van der Waals surface area contributed by atoms with E-state index in [1.807, 2.05) is 0 Å². The predicted molar refractivity (Wildman–Crippen MR) is 79.3 cm³/mol. The highest BCUT2D eigenvalue weighted by Gasteiger charge is 2.14. The molecule has 0 heterocycles. The monoisotopic (exact) mass is 306 g/mol. The van der Waals surface area contributed by atoms with E-state index in [-0.39, 0.29) is 17.7 Å². The molecule has 5 nitrogen and oxygen atoms in total. The van der Waals surface area contributed by atoms with Crippen molar-refractivity contribution in [2.45, 2.75) is 13.1 Å². The van der Waals surface area contributed by atoms with E-state index < -0.39 is 7.60 Å². The molecule has 0 unspecified atom stereocenters. The zero-order valence-electron chi connectivity index (χ0n) is 11.4. The molecule has 110 valence electrons. The first-order valence-electron chi connectivity index (χ1n) is 6.24. The molecule has 0 radical (unpaired) electrons. The highest BCUT2D eigenvalue weighted by atomic mass is 31.2. The van der Waals surface area contributed by atoms with Gasteiger partial charge < -0.3 is 14.9 Å². The molecule has 0 fully saturated rings. The number of ketones is 1. The number of phenols is 1. The van der Waals surface area contributed by atoms with Crippen LogP contribution >= 0.6 is 7.60 Å². The Morgan fingerprint density at radius 2 is 1.71 bits per heavy atom. The van der Waals surface area contributed by atoms with E-state index in [1.54, 1.807) is 30.3 Å². The lowest BCUT2D eigenvalue weighted by atomic mass is 9.96. The maximum Gasteiger partial charge on any atom is 0.329 e. The molecule has 2 aromatic rings. The molecule has 0 aliphatic carbocycles. The summed E-state index contributed by atoms with van der Waals surface area (Å²) in [7, 11) is -4.09. The fourth-order valence-corrected chi connectivity index (χ4v) is 2.79. The summed E-state index contributed by atoms with van der Waals surface area (Å²) in [4.78, 5) is 29.5. The lowest BCUT2D eigenvalue weighted by Gasteiger charge is -2.09. The van der Waals surface area contributed by atoms with Crippen LogP contribution in [0.5, 0.6) is 5.75 Å². The van der Waals surface area contributed by atoms with Crippen LogP contribution in [0.3, 0.4) is 0 Å². The van der Waals surface area contributed by atoms with E-state index in [9.17, 15) is 14.5 Å². The molecule has 0 aliphatic heterocycles. The summed E-state index contributed by atoms with van der Waals surface area (Å²) < 4.78 is 11.0. The van der Waals surface area contributed by atoms with Crippen molar-refractivity contribution in [3.8, 4) is 16.9 Å². The second kappa shape index (κ2) is 5.82. The second-order valence-electron chi connectivity index (χ2n) is 4.81. The highest BCUT2D eigenvalue weighted by Crippen LogP contribution is 2.39. The molecular formula is C15H15O5P. The van der Waals surface area contributed by atoms with E-state index in [0.717, 1.165) is 5.56 Å². The third kappa shape index (κ3) is 4.02. The van der Waals surface area contributed by atoms with Gasteiger partial charge in [0.15, 0.2) is 5.78 Å². The van der Waals surface area contributed by atoms with Crippen LogP contribution in [0.2, 0.25) is 0 Å². The topological polar surface area (TPSA) is 94.8 Å². The molecule has 0 saturated heterocycles. The van der Waals surface area contributed by atoms with E-state index in [4.69, 9.17) is 9.79 Å². The molecule has 0 atom stereocenters. The Hall–Kier alpha value is -1.94. The number of hydrogen-bond acceptors (Lipinski definition) is 3. The lowest BCUT2D eigenvalue weighted by molar-refractivity contribution is 0.101. The van der Waals surface area contributed by atoms with Crippen LogP contribution in [0.1, 0.15) is 22.8 Å². The second-order valence-corrected chi connectivity index (χ2v) is 6.45. The maximum absolute atomic E-state index is 11.6. The van der Waals surface area contributed by atoms with Gasteiger partial charge in [0.1, 0.15) is 5.75 Å². The van der Waals surface area contributed by atoms with Crippen molar-refractivity contribution in [3.05, 3.63) is 53.6 Å². The summed E-state index contributed by atoms with van der Waals surface area (Å²) in [5.41, 5.74) is 2.34. The molecule has 2 aromatic carbocycles. The Balaban J connectivity index is 2.39. The molecule has 6 heteroatoms. The number of phenolic OH excluding ortho intramolecular Hbond substituents is 1. The van der Waals surface area contributed by atoms with Gasteiger partial charge in [-0.05, 0) is 41.8 Å². The average molecular weight is 306 g/mol. The van der Waals surface area contributed by atoms with E-state index >= 15 is 0 Å². The third-order valence-electron chi connectivity index (χ3n) is 3.04. The van der Waals surface area contributed by atoms with Gasteiger partial charge in [0.05, 0.1) is 6.16 Å². The SMILES string of the molecule is CC(=O)c1cc(O)ccc1-c1ccc(CP(=O)(O)O)cc1. The normalized spacial score (nSPS) is 11.4. The fourth-order valence-electron chi connectivity index (χ4n) is 2.10. The first-order valence-corrected chi connectivity index (χ1v) is 8.04. The molecule has 2 rings (SSSR count). The van der Waals surface area contributed by atoms with Crippen LogP contribution < -0.4 is 0 Å². The van der Waals surface area contributed by atoms with Crippen molar-refractivity contribution in [3.63, 3.8) is 0 Å². The van der Waals surface area contributed by atoms with E-state index in [1.165, 1.54) is 19.1 Å². The molecule has 0 aromatic heterocycles. The largest absolute Gasteiger partial charge is 0.508 e. The number of Topliss-reactive ketones (excluding diaryl/α,β-unsaturated/α-hetero) is 1. The summed E-state index contributed by atoms with van der Waals surface area (Å²) >= 11 is 0. The summed E-state index contributed by atoms with van der Waals surface area (Å²) in [5.74, 6) is -0.151. The molecule has 0 bridgehead atoms. The van der Waals surface area contributed by atoms with Crippen molar-refractivity contribution >= 4 is 13.4 Å². The minimum atomic E-state index is -4.09. The Morgan fingerprint density at radius 1 is 1.10 bits per heavy atom. The summed E-state index contributed by atoms with van der Waals surface area (Å²) in [5, 5.41) is 9.47. The van der Waals surface area contributed by atoms with Gasteiger partial charge in [-0.2, -0.15) is 0 Å². The zero-order valence-corrected chi connectivity index (χ0v) is 12.2. The molecule has 3 N–H and O–H groups in total. The van der Waals surface area contributed by atoms with Crippen LogP contribution in [0.15, 0.2) is 42.5 Å². The first-order chi connectivity index (χ1) is 9.76. The molecular weight excluding hydrogens is 291 g/mol. The fraction of sp³-hybridized carbons (Fsp3) is 0.133. The van der Waals surface area contributed by atoms with E-state index in [2.05, 4.69) is 0 Å². The zero-order chi connectivity index (χ0) is 15.6. The highest BCUT2D eigenvalue weighted by molar-refractivity contribution is 7.50. The van der Waals surface area contributed by atoms with Crippen LogP contribution in [-0.2, 0) is 10.7 Å². The van der Waals surface area contributed by atoms with Crippen molar-refractivity contribution in [1.29, 1.82) is 0 Å². The van der Waals surface area contributed by atoms with Crippen LogP contribution in [0.25, 0.3) is 11.1 Å². The van der Waals surface area contributed by atoms with Crippen LogP contribution in [-0.4, -0.2) is 20.7 Å². The Labute approximate surface area is 122 Å². The predicted octanol–water partition coefficient (Wildman–Crippen LogP) is 2.94. The van der Waals surface area contributed by atoms with Crippen molar-refractivity contribution in [2.24, 2.45) is 0 Å². The number of aromatic hydroxyl groups is 1. The summed E-state index contributed by atoms with van der Waals surface area (Å²) in [6.45, 7) is 1.42. The van der Waals surface area contributed by atoms with Gasteiger partial charge in [0.25, 0.3) is 0 Å². The van der Waals surface area contributed by atoms with Crippen LogP contribution in [0, 0.1) is 0 Å². The summed E-state index contributed by atoms with van der Waals surface area (Å²) in [6.07, 6.45) is -0.317. The minimum Gasteiger partial charge on any atom is -0.508 e. The van der Waals surface area contributed by atoms with Gasteiger partial charge in [0, 0.05) is 5.56 Å². The van der Waals surface area contributed by atoms with Gasteiger partial charge >= 0.3 is 7.60 Å². The molecule has 0 aliphatic rings. The Morgan fingerprint density at radius 3 is 2.24 bits per heavy atom. The minimum absolute atomic E-state index is 0.0158. The third-order valence-corrected chi connectivity index (χ3v) is 3.81. The smallest absolute Gasteiger partial charge is 0.329 e. The van der Waals surface area contributed by atoms with Gasteiger partial charge in [0.2, 0.25) is 0 Å². The molecule has 0 amide bonds. The quantitative estimate of drug-likeness (QED) is 0.596. The van der Waals surface area contributed by atoms with Crippen molar-refractivity contribution in [1.82, 2.24) is 0 Å². The molecule has 0 spiro atoms. The number of carbonyl (C=O) groups is 1. The van der Waals surface area contributed by atoms with Crippen LogP contribution in [0.4, 0.5) is 0 Å². The van der Waals surface area contributed by atoms with Crippen molar-refractivity contribution in [2.75, 3.05) is 0 Å². The van der Waals surface area contributed by atoms with Gasteiger partial charge in [-0.15, -0.1) is 0 Å². The maximum atomic E-state index is 11.6. The Kier molecular flexibility index (Phi) is 4.28.